The van der Waals surface area contributed by atoms with E-state index in [9.17, 15) is 12.8 Å². The zero-order valence-electron chi connectivity index (χ0n) is 14.5. The Balaban J connectivity index is 1.68. The van der Waals surface area contributed by atoms with Crippen molar-refractivity contribution in [2.45, 2.75) is 17.2 Å². The van der Waals surface area contributed by atoms with Gasteiger partial charge in [0.05, 0.1) is 34.8 Å². The molecule has 0 N–H and O–H groups in total. The van der Waals surface area contributed by atoms with Crippen LogP contribution in [0.25, 0.3) is 10.6 Å². The molecule has 4 rings (SSSR count). The number of sulfonamides is 1. The Kier molecular flexibility index (Phi) is 5.13. The summed E-state index contributed by atoms with van der Waals surface area (Å²) in [6.45, 7) is 2.66. The maximum atomic E-state index is 13.6. The van der Waals surface area contributed by atoms with Crippen LogP contribution in [0.5, 0.6) is 0 Å². The van der Waals surface area contributed by atoms with Gasteiger partial charge in [-0.15, -0.1) is 22.7 Å². The van der Waals surface area contributed by atoms with Gasteiger partial charge in [-0.3, -0.25) is 0 Å². The zero-order valence-corrected chi connectivity index (χ0v) is 16.9. The normalized spacial score (nSPS) is 18.7. The van der Waals surface area contributed by atoms with Gasteiger partial charge in [-0.05, 0) is 36.8 Å². The van der Waals surface area contributed by atoms with Crippen LogP contribution in [0.3, 0.4) is 0 Å². The molecule has 3 heterocycles. The highest BCUT2D eigenvalue weighted by molar-refractivity contribution is 7.91. The van der Waals surface area contributed by atoms with E-state index in [4.69, 9.17) is 4.74 Å². The quantitative estimate of drug-likeness (QED) is 0.633. The number of morpholine rings is 1. The molecule has 1 aliphatic rings. The first-order valence-electron chi connectivity index (χ1n) is 8.32. The molecule has 1 aromatic carbocycles. The summed E-state index contributed by atoms with van der Waals surface area (Å²) in [6.07, 6.45) is 0. The Morgan fingerprint density at radius 3 is 2.89 bits per heavy atom. The Hall–Kier alpha value is -1.65. The highest BCUT2D eigenvalue weighted by atomic mass is 32.2. The number of thiazole rings is 1. The van der Waals surface area contributed by atoms with E-state index in [1.165, 1.54) is 39.1 Å². The molecule has 1 atom stereocenters. The van der Waals surface area contributed by atoms with Crippen molar-refractivity contribution < 1.29 is 17.5 Å². The Morgan fingerprint density at radius 2 is 2.15 bits per heavy atom. The summed E-state index contributed by atoms with van der Waals surface area (Å²) >= 11 is 2.73. The van der Waals surface area contributed by atoms with Crippen molar-refractivity contribution in [2.24, 2.45) is 0 Å². The molecule has 1 unspecified atom stereocenters. The number of nitrogens with zero attached hydrogens (tertiary/aromatic N) is 2. The second-order valence-electron chi connectivity index (χ2n) is 6.13. The van der Waals surface area contributed by atoms with Crippen LogP contribution in [-0.2, 0) is 14.8 Å². The lowest BCUT2D eigenvalue weighted by Gasteiger charge is -2.34. The molecule has 1 fully saturated rings. The summed E-state index contributed by atoms with van der Waals surface area (Å²) in [7, 11) is -3.73. The molecule has 1 saturated heterocycles. The van der Waals surface area contributed by atoms with E-state index < -0.39 is 21.9 Å². The number of thiophene rings is 1. The van der Waals surface area contributed by atoms with Gasteiger partial charge in [0.2, 0.25) is 0 Å². The summed E-state index contributed by atoms with van der Waals surface area (Å²) in [6, 6.07) is 8.85. The number of aromatic nitrogens is 1. The molecular weight excluding hydrogens is 407 g/mol. The molecule has 142 valence electrons. The molecule has 0 spiro atoms. The van der Waals surface area contributed by atoms with E-state index in [1.807, 2.05) is 12.3 Å². The fourth-order valence-electron chi connectivity index (χ4n) is 3.04. The summed E-state index contributed by atoms with van der Waals surface area (Å²) in [5.41, 5.74) is 1.37. The predicted molar refractivity (Wildman–Crippen MR) is 104 cm³/mol. The third-order valence-corrected chi connectivity index (χ3v) is 8.59. The summed E-state index contributed by atoms with van der Waals surface area (Å²) in [5, 5.41) is 2.85. The minimum Gasteiger partial charge on any atom is -0.378 e. The van der Waals surface area contributed by atoms with Crippen molar-refractivity contribution in [3.63, 3.8) is 0 Å². The fraction of sp³-hybridized carbons (Fsp3) is 0.278. The van der Waals surface area contributed by atoms with Crippen LogP contribution in [0.2, 0.25) is 0 Å². The molecule has 0 amide bonds. The average molecular weight is 425 g/mol. The molecule has 1 aliphatic heterocycles. The zero-order chi connectivity index (χ0) is 19.0. The highest BCUT2D eigenvalue weighted by Crippen LogP contribution is 2.36. The van der Waals surface area contributed by atoms with E-state index in [1.54, 1.807) is 24.3 Å². The monoisotopic (exact) mass is 424 g/mol. The number of benzene rings is 1. The number of rotatable bonds is 4. The van der Waals surface area contributed by atoms with Gasteiger partial charge in [-0.25, -0.2) is 17.8 Å². The predicted octanol–water partition coefficient (Wildman–Crippen LogP) is 4.08. The van der Waals surface area contributed by atoms with Crippen molar-refractivity contribution in [3.8, 4) is 10.6 Å². The molecule has 0 radical (unpaired) electrons. The minimum atomic E-state index is -3.73. The summed E-state index contributed by atoms with van der Waals surface area (Å²) < 4.78 is 47.3. The van der Waals surface area contributed by atoms with Crippen LogP contribution in [0, 0.1) is 12.7 Å². The SMILES string of the molecule is Cc1nc(-c2ccc(S(=O)(=O)N3CCOCC3c3cccc(F)c3)s2)cs1. The van der Waals surface area contributed by atoms with Crippen molar-refractivity contribution in [1.29, 1.82) is 0 Å². The maximum Gasteiger partial charge on any atom is 0.253 e. The van der Waals surface area contributed by atoms with E-state index in [-0.39, 0.29) is 17.4 Å². The standard InChI is InChI=1S/C18H17FN2O3S3/c1-12-20-15(11-25-12)17-5-6-18(26-17)27(22,23)21-7-8-24-10-16(21)13-3-2-4-14(19)9-13/h2-6,9,11,16H,7-8,10H2,1H3. The minimum absolute atomic E-state index is 0.201. The first-order chi connectivity index (χ1) is 12.9. The van der Waals surface area contributed by atoms with Crippen LogP contribution in [0.15, 0.2) is 46.0 Å². The van der Waals surface area contributed by atoms with Crippen molar-refractivity contribution in [2.75, 3.05) is 19.8 Å². The van der Waals surface area contributed by atoms with Gasteiger partial charge in [0.15, 0.2) is 0 Å². The van der Waals surface area contributed by atoms with Crippen LogP contribution in [0.4, 0.5) is 4.39 Å². The molecule has 3 aromatic rings. The lowest BCUT2D eigenvalue weighted by atomic mass is 10.1. The van der Waals surface area contributed by atoms with Gasteiger partial charge in [0, 0.05) is 11.9 Å². The number of aryl methyl sites for hydroxylation is 1. The van der Waals surface area contributed by atoms with E-state index in [0.29, 0.717) is 12.2 Å². The van der Waals surface area contributed by atoms with E-state index >= 15 is 0 Å². The highest BCUT2D eigenvalue weighted by Gasteiger charge is 2.36. The molecule has 5 nitrogen and oxygen atoms in total. The lowest BCUT2D eigenvalue weighted by Crippen LogP contribution is -2.43. The Labute approximate surface area is 165 Å². The second kappa shape index (κ2) is 7.40. The second-order valence-corrected chi connectivity index (χ2v) is 10.4. The van der Waals surface area contributed by atoms with Crippen LogP contribution < -0.4 is 0 Å². The number of halogens is 1. The Bertz CT molecular complexity index is 1060. The van der Waals surface area contributed by atoms with Crippen molar-refractivity contribution in [3.05, 3.63) is 58.2 Å². The van der Waals surface area contributed by atoms with Gasteiger partial charge < -0.3 is 4.74 Å². The summed E-state index contributed by atoms with van der Waals surface area (Å²) in [4.78, 5) is 5.23. The van der Waals surface area contributed by atoms with Crippen molar-refractivity contribution >= 4 is 32.7 Å². The van der Waals surface area contributed by atoms with Crippen molar-refractivity contribution in [1.82, 2.24) is 9.29 Å². The van der Waals surface area contributed by atoms with Crippen LogP contribution in [-0.4, -0.2) is 37.5 Å². The molecule has 2 aromatic heterocycles. The topological polar surface area (TPSA) is 59.5 Å². The van der Waals surface area contributed by atoms with Gasteiger partial charge >= 0.3 is 0 Å². The number of ether oxygens (including phenoxy) is 1. The molecule has 9 heteroatoms. The average Bonchev–Trinajstić information content (AvgIpc) is 3.31. The van der Waals surface area contributed by atoms with Gasteiger partial charge in [0.25, 0.3) is 10.0 Å². The smallest absolute Gasteiger partial charge is 0.253 e. The van der Waals surface area contributed by atoms with E-state index in [0.717, 1.165) is 15.6 Å². The maximum absolute atomic E-state index is 13.6. The van der Waals surface area contributed by atoms with Gasteiger partial charge in [0.1, 0.15) is 10.0 Å². The molecule has 27 heavy (non-hydrogen) atoms. The van der Waals surface area contributed by atoms with Gasteiger partial charge in [-0.2, -0.15) is 4.31 Å². The lowest BCUT2D eigenvalue weighted by molar-refractivity contribution is 0.0320. The van der Waals surface area contributed by atoms with E-state index in [2.05, 4.69) is 4.98 Å². The fourth-order valence-corrected chi connectivity index (χ4v) is 6.71. The number of hydrogen-bond acceptors (Lipinski definition) is 6. The molecule has 0 bridgehead atoms. The first kappa shape index (κ1) is 18.7. The summed E-state index contributed by atoms with van der Waals surface area (Å²) in [5.74, 6) is -0.396. The largest absolute Gasteiger partial charge is 0.378 e. The molecular formula is C18H17FN2O3S3. The van der Waals surface area contributed by atoms with Gasteiger partial charge in [-0.1, -0.05) is 12.1 Å². The molecule has 0 saturated carbocycles. The third-order valence-electron chi connectivity index (χ3n) is 4.33. The first-order valence-corrected chi connectivity index (χ1v) is 11.5. The van der Waals surface area contributed by atoms with Crippen LogP contribution >= 0.6 is 22.7 Å². The molecule has 0 aliphatic carbocycles. The number of hydrogen-bond donors (Lipinski definition) is 0. The Morgan fingerprint density at radius 1 is 1.30 bits per heavy atom. The third kappa shape index (κ3) is 3.70. The van der Waals surface area contributed by atoms with Crippen LogP contribution in [0.1, 0.15) is 16.6 Å².